The van der Waals surface area contributed by atoms with Crippen LogP contribution in [-0.4, -0.2) is 27.8 Å². The van der Waals surface area contributed by atoms with E-state index in [-0.39, 0.29) is 11.7 Å². The minimum atomic E-state index is -3.09. The molecule has 1 aliphatic heterocycles. The Bertz CT molecular complexity index is 484. The summed E-state index contributed by atoms with van der Waals surface area (Å²) in [5.41, 5.74) is 0.844. The Kier molecular flexibility index (Phi) is 2.75. The quantitative estimate of drug-likeness (QED) is 0.858. The van der Waals surface area contributed by atoms with Crippen LogP contribution in [-0.2, 0) is 9.84 Å². The molecule has 1 N–H and O–H groups in total. The van der Waals surface area contributed by atoms with Crippen LogP contribution in [0, 0.1) is 0 Å². The summed E-state index contributed by atoms with van der Waals surface area (Å²) in [6.45, 7) is 0.659. The normalized spacial score (nSPS) is 22.7. The lowest BCUT2D eigenvalue weighted by Crippen LogP contribution is -2.18. The van der Waals surface area contributed by atoms with Gasteiger partial charge in [-0.05, 0) is 30.8 Å². The van der Waals surface area contributed by atoms with Crippen molar-refractivity contribution in [3.8, 4) is 0 Å². The fourth-order valence-electron chi connectivity index (χ4n) is 1.98. The zero-order chi connectivity index (χ0) is 11.1. The topological polar surface area (TPSA) is 46.2 Å². The fourth-order valence-corrected chi connectivity index (χ4v) is 4.03. The van der Waals surface area contributed by atoms with Gasteiger partial charge in [0, 0.05) is 17.5 Å². The van der Waals surface area contributed by atoms with Gasteiger partial charge in [0.15, 0.2) is 9.84 Å². The van der Waals surface area contributed by atoms with E-state index in [1.807, 2.05) is 7.05 Å². The Morgan fingerprint density at radius 2 is 2.27 bits per heavy atom. The van der Waals surface area contributed by atoms with Gasteiger partial charge in [0.25, 0.3) is 0 Å². The summed E-state index contributed by atoms with van der Waals surface area (Å²) in [7, 11) is -1.28. The molecular formula is C10H12ClNO2S. The molecule has 2 rings (SSSR count). The van der Waals surface area contributed by atoms with Gasteiger partial charge in [0.1, 0.15) is 0 Å². The van der Waals surface area contributed by atoms with Crippen molar-refractivity contribution in [2.24, 2.45) is 0 Å². The van der Waals surface area contributed by atoms with Crippen LogP contribution >= 0.6 is 11.6 Å². The molecule has 5 heteroatoms. The highest BCUT2D eigenvalue weighted by Crippen LogP contribution is 2.35. The van der Waals surface area contributed by atoms with Crippen molar-refractivity contribution >= 4 is 21.4 Å². The van der Waals surface area contributed by atoms with Crippen molar-refractivity contribution in [2.45, 2.75) is 10.8 Å². The van der Waals surface area contributed by atoms with Crippen LogP contribution in [0.4, 0.5) is 0 Å². The molecule has 0 saturated carbocycles. The van der Waals surface area contributed by atoms with Crippen LogP contribution in [0.2, 0.25) is 5.02 Å². The van der Waals surface area contributed by atoms with Gasteiger partial charge in [-0.2, -0.15) is 0 Å². The lowest BCUT2D eigenvalue weighted by molar-refractivity contribution is 0.595. The molecule has 0 bridgehead atoms. The molecule has 0 aliphatic carbocycles. The first-order valence-electron chi connectivity index (χ1n) is 4.71. The van der Waals surface area contributed by atoms with Gasteiger partial charge in [0.2, 0.25) is 0 Å². The van der Waals surface area contributed by atoms with E-state index in [4.69, 9.17) is 11.6 Å². The van der Waals surface area contributed by atoms with Crippen LogP contribution in [0.3, 0.4) is 0 Å². The summed E-state index contributed by atoms with van der Waals surface area (Å²) in [5, 5.41) is 3.59. The molecule has 82 valence electrons. The van der Waals surface area contributed by atoms with E-state index in [2.05, 4.69) is 5.32 Å². The molecule has 1 heterocycles. The first-order valence-corrected chi connectivity index (χ1v) is 6.74. The lowest BCUT2D eigenvalue weighted by Gasteiger charge is -2.08. The van der Waals surface area contributed by atoms with Gasteiger partial charge < -0.3 is 5.32 Å². The molecule has 0 aromatic heterocycles. The Morgan fingerprint density at radius 3 is 2.93 bits per heavy atom. The molecule has 1 unspecified atom stereocenters. The third kappa shape index (κ3) is 1.89. The van der Waals surface area contributed by atoms with Crippen molar-refractivity contribution in [1.82, 2.24) is 5.32 Å². The van der Waals surface area contributed by atoms with Gasteiger partial charge in [0.05, 0.1) is 10.6 Å². The standard InChI is InChI=1S/C10H12ClNO2S/c1-12-5-7-6-15(13,14)10-3-2-8(11)4-9(7)10/h2-4,7,12H,5-6H2,1H3. The van der Waals surface area contributed by atoms with Crippen LogP contribution < -0.4 is 5.32 Å². The number of hydrogen-bond donors (Lipinski definition) is 1. The molecule has 1 aliphatic rings. The van der Waals surface area contributed by atoms with Gasteiger partial charge in [-0.3, -0.25) is 0 Å². The third-order valence-electron chi connectivity index (χ3n) is 2.62. The molecule has 0 saturated heterocycles. The molecule has 0 fully saturated rings. The number of hydrogen-bond acceptors (Lipinski definition) is 3. The summed E-state index contributed by atoms with van der Waals surface area (Å²) in [4.78, 5) is 0.437. The highest BCUT2D eigenvalue weighted by Gasteiger charge is 2.34. The Morgan fingerprint density at radius 1 is 1.53 bits per heavy atom. The smallest absolute Gasteiger partial charge is 0.179 e. The highest BCUT2D eigenvalue weighted by molar-refractivity contribution is 7.91. The Hall–Kier alpha value is -0.580. The number of sulfone groups is 1. The summed E-state index contributed by atoms with van der Waals surface area (Å²) in [6.07, 6.45) is 0. The summed E-state index contributed by atoms with van der Waals surface area (Å²) in [5.74, 6) is 0.206. The molecule has 15 heavy (non-hydrogen) atoms. The predicted molar refractivity (Wildman–Crippen MR) is 60.2 cm³/mol. The van der Waals surface area contributed by atoms with E-state index in [0.29, 0.717) is 16.5 Å². The van der Waals surface area contributed by atoms with Gasteiger partial charge in [-0.25, -0.2) is 8.42 Å². The largest absolute Gasteiger partial charge is 0.319 e. The second-order valence-corrected chi connectivity index (χ2v) is 6.16. The molecule has 0 amide bonds. The van der Waals surface area contributed by atoms with Gasteiger partial charge in [-0.15, -0.1) is 0 Å². The minimum Gasteiger partial charge on any atom is -0.319 e. The third-order valence-corrected chi connectivity index (χ3v) is 4.74. The van der Waals surface area contributed by atoms with E-state index >= 15 is 0 Å². The van der Waals surface area contributed by atoms with Crippen molar-refractivity contribution in [3.05, 3.63) is 28.8 Å². The number of nitrogens with one attached hydrogen (secondary N) is 1. The first kappa shape index (κ1) is 10.9. The summed E-state index contributed by atoms with van der Waals surface area (Å²) < 4.78 is 23.6. The maximum absolute atomic E-state index is 11.8. The van der Waals surface area contributed by atoms with Crippen LogP contribution in [0.25, 0.3) is 0 Å². The molecule has 0 spiro atoms. The Balaban J connectivity index is 2.53. The summed E-state index contributed by atoms with van der Waals surface area (Å²) in [6, 6.07) is 4.98. The van der Waals surface area contributed by atoms with E-state index in [1.54, 1.807) is 18.2 Å². The van der Waals surface area contributed by atoms with Crippen molar-refractivity contribution in [1.29, 1.82) is 0 Å². The van der Waals surface area contributed by atoms with Crippen LogP contribution in [0.5, 0.6) is 0 Å². The second-order valence-electron chi connectivity index (χ2n) is 3.72. The maximum atomic E-state index is 11.8. The van der Waals surface area contributed by atoms with E-state index < -0.39 is 9.84 Å². The average Bonchev–Trinajstić information content (AvgIpc) is 2.39. The van der Waals surface area contributed by atoms with Crippen molar-refractivity contribution in [3.63, 3.8) is 0 Å². The van der Waals surface area contributed by atoms with Gasteiger partial charge in [-0.1, -0.05) is 11.6 Å². The highest BCUT2D eigenvalue weighted by atomic mass is 35.5. The van der Waals surface area contributed by atoms with Crippen LogP contribution in [0.1, 0.15) is 11.5 Å². The zero-order valence-corrected chi connectivity index (χ0v) is 9.90. The maximum Gasteiger partial charge on any atom is 0.179 e. The number of benzene rings is 1. The van der Waals surface area contributed by atoms with E-state index in [9.17, 15) is 8.42 Å². The minimum absolute atomic E-state index is 0.0219. The van der Waals surface area contributed by atoms with E-state index in [1.165, 1.54) is 0 Å². The lowest BCUT2D eigenvalue weighted by atomic mass is 10.0. The number of halogens is 1. The van der Waals surface area contributed by atoms with Crippen molar-refractivity contribution in [2.75, 3.05) is 19.3 Å². The molecule has 3 nitrogen and oxygen atoms in total. The van der Waals surface area contributed by atoms with Crippen molar-refractivity contribution < 1.29 is 8.42 Å². The van der Waals surface area contributed by atoms with Gasteiger partial charge >= 0.3 is 0 Å². The number of fused-ring (bicyclic) bond motifs is 1. The molecule has 1 atom stereocenters. The number of rotatable bonds is 2. The van der Waals surface area contributed by atoms with Crippen LogP contribution in [0.15, 0.2) is 23.1 Å². The fraction of sp³-hybridized carbons (Fsp3) is 0.400. The average molecular weight is 246 g/mol. The monoisotopic (exact) mass is 245 g/mol. The SMILES string of the molecule is CNCC1CS(=O)(=O)c2ccc(Cl)cc21. The molecule has 0 radical (unpaired) electrons. The Labute approximate surface area is 94.4 Å². The summed E-state index contributed by atoms with van der Waals surface area (Å²) >= 11 is 5.87. The molecule has 1 aromatic carbocycles. The molecule has 1 aromatic rings. The molecular weight excluding hydrogens is 234 g/mol. The second kappa shape index (κ2) is 3.77. The van der Waals surface area contributed by atoms with E-state index in [0.717, 1.165) is 5.56 Å². The first-order chi connectivity index (χ1) is 7.04. The zero-order valence-electron chi connectivity index (χ0n) is 8.33. The number of likely N-dealkylation sites (N-methyl/N-ethyl adjacent to an activating group) is 1. The predicted octanol–water partition coefficient (Wildman–Crippen LogP) is 1.43.